The molecule has 4 nitrogen and oxygen atoms in total. The summed E-state index contributed by atoms with van der Waals surface area (Å²) >= 11 is 0. The Morgan fingerprint density at radius 1 is 1.31 bits per heavy atom. The summed E-state index contributed by atoms with van der Waals surface area (Å²) in [4.78, 5) is 26.1. The predicted octanol–water partition coefficient (Wildman–Crippen LogP) is 0.910. The summed E-state index contributed by atoms with van der Waals surface area (Å²) in [6, 6.07) is -0.149. The smallest absolute Gasteiger partial charge is 0.248 e. The monoisotopic (exact) mass is 224 g/mol. The molecule has 0 spiro atoms. The number of carbonyl (C=O) groups is 2. The highest BCUT2D eigenvalue weighted by Gasteiger charge is 2.51. The van der Waals surface area contributed by atoms with Crippen LogP contribution in [0.3, 0.4) is 0 Å². The fourth-order valence-electron chi connectivity index (χ4n) is 2.42. The third kappa shape index (κ3) is 1.70. The van der Waals surface area contributed by atoms with E-state index in [9.17, 15) is 9.59 Å². The highest BCUT2D eigenvalue weighted by molar-refractivity contribution is 5.99. The van der Waals surface area contributed by atoms with Crippen molar-refractivity contribution in [3.63, 3.8) is 0 Å². The molecule has 0 aromatic rings. The van der Waals surface area contributed by atoms with Crippen molar-refractivity contribution in [2.24, 2.45) is 5.92 Å². The molecule has 1 atom stereocenters. The van der Waals surface area contributed by atoms with Crippen LogP contribution in [0.15, 0.2) is 0 Å². The summed E-state index contributed by atoms with van der Waals surface area (Å²) < 4.78 is 0. The van der Waals surface area contributed by atoms with Crippen LogP contribution in [0.5, 0.6) is 0 Å². The summed E-state index contributed by atoms with van der Waals surface area (Å²) in [6.07, 6.45) is 2.13. The Hall–Kier alpha value is -1.06. The molecule has 1 aliphatic heterocycles. The summed E-state index contributed by atoms with van der Waals surface area (Å²) in [7, 11) is 0. The quantitative estimate of drug-likeness (QED) is 0.758. The average Bonchev–Trinajstić information content (AvgIpc) is 2.92. The number of amides is 2. The van der Waals surface area contributed by atoms with Gasteiger partial charge in [0.1, 0.15) is 11.6 Å². The number of nitrogens with zero attached hydrogens (tertiary/aromatic N) is 1. The molecule has 90 valence electrons. The molecule has 2 amide bonds. The second-order valence-electron chi connectivity index (χ2n) is 5.70. The SMILES string of the molecule is CC(C)N1C(=O)C(C)(C)NC(=O)C1C1CC1. The van der Waals surface area contributed by atoms with Crippen molar-refractivity contribution in [1.82, 2.24) is 10.2 Å². The van der Waals surface area contributed by atoms with E-state index in [1.165, 1.54) is 0 Å². The van der Waals surface area contributed by atoms with E-state index in [-0.39, 0.29) is 23.9 Å². The zero-order chi connectivity index (χ0) is 12.1. The third-order valence-electron chi connectivity index (χ3n) is 3.40. The molecule has 1 N–H and O–H groups in total. The lowest BCUT2D eigenvalue weighted by Gasteiger charge is -2.45. The number of hydrogen-bond acceptors (Lipinski definition) is 2. The van der Waals surface area contributed by atoms with Gasteiger partial charge in [0.15, 0.2) is 0 Å². The molecule has 1 unspecified atom stereocenters. The number of nitrogens with one attached hydrogen (secondary N) is 1. The second kappa shape index (κ2) is 3.47. The van der Waals surface area contributed by atoms with Gasteiger partial charge in [-0.2, -0.15) is 0 Å². The van der Waals surface area contributed by atoms with E-state index in [4.69, 9.17) is 0 Å². The van der Waals surface area contributed by atoms with Crippen molar-refractivity contribution in [3.8, 4) is 0 Å². The maximum absolute atomic E-state index is 12.3. The van der Waals surface area contributed by atoms with Gasteiger partial charge in [0.2, 0.25) is 11.8 Å². The van der Waals surface area contributed by atoms with Crippen LogP contribution in [-0.2, 0) is 9.59 Å². The minimum atomic E-state index is -0.757. The van der Waals surface area contributed by atoms with Crippen LogP contribution in [-0.4, -0.2) is 34.3 Å². The highest BCUT2D eigenvalue weighted by atomic mass is 16.2. The van der Waals surface area contributed by atoms with E-state index in [0.717, 1.165) is 12.8 Å². The molecule has 0 aromatic heterocycles. The summed E-state index contributed by atoms with van der Waals surface area (Å²) in [5.74, 6) is 0.433. The van der Waals surface area contributed by atoms with E-state index < -0.39 is 5.54 Å². The molecule has 1 aliphatic carbocycles. The van der Waals surface area contributed by atoms with Gasteiger partial charge in [-0.3, -0.25) is 9.59 Å². The van der Waals surface area contributed by atoms with Crippen LogP contribution in [0.4, 0.5) is 0 Å². The lowest BCUT2D eigenvalue weighted by molar-refractivity contribution is -0.156. The summed E-state index contributed by atoms with van der Waals surface area (Å²) in [6.45, 7) is 7.49. The van der Waals surface area contributed by atoms with Crippen LogP contribution < -0.4 is 5.32 Å². The fourth-order valence-corrected chi connectivity index (χ4v) is 2.42. The zero-order valence-corrected chi connectivity index (χ0v) is 10.4. The van der Waals surface area contributed by atoms with Gasteiger partial charge in [0.25, 0.3) is 0 Å². The van der Waals surface area contributed by atoms with Gasteiger partial charge < -0.3 is 10.2 Å². The minimum Gasteiger partial charge on any atom is -0.340 e. The first-order valence-electron chi connectivity index (χ1n) is 5.99. The molecule has 16 heavy (non-hydrogen) atoms. The highest BCUT2D eigenvalue weighted by Crippen LogP contribution is 2.38. The van der Waals surface area contributed by atoms with Crippen molar-refractivity contribution < 1.29 is 9.59 Å². The molecule has 1 heterocycles. The molecule has 2 rings (SSSR count). The zero-order valence-electron chi connectivity index (χ0n) is 10.4. The van der Waals surface area contributed by atoms with Crippen molar-refractivity contribution in [3.05, 3.63) is 0 Å². The first-order valence-corrected chi connectivity index (χ1v) is 5.99. The Balaban J connectivity index is 2.31. The first-order chi connectivity index (χ1) is 7.34. The Bertz CT molecular complexity index is 332. The van der Waals surface area contributed by atoms with Gasteiger partial charge >= 0.3 is 0 Å². The molecule has 4 heteroatoms. The predicted molar refractivity (Wildman–Crippen MR) is 60.7 cm³/mol. The number of hydrogen-bond donors (Lipinski definition) is 1. The molecule has 0 bridgehead atoms. The van der Waals surface area contributed by atoms with Gasteiger partial charge in [-0.15, -0.1) is 0 Å². The summed E-state index contributed by atoms with van der Waals surface area (Å²) in [5.41, 5.74) is -0.757. The third-order valence-corrected chi connectivity index (χ3v) is 3.40. The average molecular weight is 224 g/mol. The lowest BCUT2D eigenvalue weighted by atomic mass is 9.93. The van der Waals surface area contributed by atoms with Crippen molar-refractivity contribution in [2.75, 3.05) is 0 Å². The van der Waals surface area contributed by atoms with Gasteiger partial charge in [0, 0.05) is 6.04 Å². The molecular weight excluding hydrogens is 204 g/mol. The Kier molecular flexibility index (Phi) is 2.48. The van der Waals surface area contributed by atoms with Crippen LogP contribution >= 0.6 is 0 Å². The lowest BCUT2D eigenvalue weighted by Crippen LogP contribution is -2.69. The van der Waals surface area contributed by atoms with Crippen molar-refractivity contribution in [1.29, 1.82) is 0 Å². The van der Waals surface area contributed by atoms with E-state index in [2.05, 4.69) is 5.32 Å². The van der Waals surface area contributed by atoms with E-state index in [1.807, 2.05) is 13.8 Å². The molecular formula is C12H20N2O2. The molecule has 1 saturated carbocycles. The standard InChI is InChI=1S/C12H20N2O2/c1-7(2)14-9(8-5-6-8)10(15)13-12(3,4)11(14)16/h7-9H,5-6H2,1-4H3,(H,13,15). The van der Waals surface area contributed by atoms with Crippen molar-refractivity contribution >= 4 is 11.8 Å². The fraction of sp³-hybridized carbons (Fsp3) is 0.833. The maximum atomic E-state index is 12.3. The molecule has 0 radical (unpaired) electrons. The largest absolute Gasteiger partial charge is 0.340 e. The maximum Gasteiger partial charge on any atom is 0.248 e. The van der Waals surface area contributed by atoms with Crippen LogP contribution in [0.1, 0.15) is 40.5 Å². The molecule has 2 fully saturated rings. The number of piperazine rings is 1. The molecule has 0 aromatic carbocycles. The first kappa shape index (κ1) is 11.4. The van der Waals surface area contributed by atoms with Gasteiger partial charge in [-0.25, -0.2) is 0 Å². The van der Waals surface area contributed by atoms with E-state index in [0.29, 0.717) is 5.92 Å². The second-order valence-corrected chi connectivity index (χ2v) is 5.70. The van der Waals surface area contributed by atoms with Gasteiger partial charge in [-0.1, -0.05) is 0 Å². The normalized spacial score (nSPS) is 29.6. The van der Waals surface area contributed by atoms with Crippen LogP contribution in [0.25, 0.3) is 0 Å². The Morgan fingerprint density at radius 3 is 2.31 bits per heavy atom. The number of carbonyl (C=O) groups excluding carboxylic acids is 2. The topological polar surface area (TPSA) is 49.4 Å². The van der Waals surface area contributed by atoms with Crippen LogP contribution in [0.2, 0.25) is 0 Å². The van der Waals surface area contributed by atoms with Crippen LogP contribution in [0, 0.1) is 5.92 Å². The van der Waals surface area contributed by atoms with Gasteiger partial charge in [-0.05, 0) is 46.5 Å². The summed E-state index contributed by atoms with van der Waals surface area (Å²) in [5, 5.41) is 2.83. The van der Waals surface area contributed by atoms with E-state index >= 15 is 0 Å². The molecule has 1 saturated heterocycles. The minimum absolute atomic E-state index is 0.0146. The van der Waals surface area contributed by atoms with E-state index in [1.54, 1.807) is 18.7 Å². The Morgan fingerprint density at radius 2 is 1.88 bits per heavy atom. The number of rotatable bonds is 2. The Labute approximate surface area is 96.4 Å². The van der Waals surface area contributed by atoms with Crippen molar-refractivity contribution in [2.45, 2.75) is 58.2 Å². The van der Waals surface area contributed by atoms with Gasteiger partial charge in [0.05, 0.1) is 0 Å². The molecule has 2 aliphatic rings.